The highest BCUT2D eigenvalue weighted by Gasteiger charge is 2.43. The molecule has 6 rings (SSSR count). The number of H-pyrrole nitrogens is 1. The number of alkyl halides is 4. The van der Waals surface area contributed by atoms with E-state index >= 15 is 0 Å². The highest BCUT2D eigenvalue weighted by molar-refractivity contribution is 5.94. The van der Waals surface area contributed by atoms with Crippen LogP contribution < -0.4 is 10.2 Å². The highest BCUT2D eigenvalue weighted by Crippen LogP contribution is 2.34. The SMILES string of the molecule is Cn1c(C(=O)N2CC(C)(F)C2)cc2c1CN(c1nc(Nc3ccc(-c4cn[nH]c4)cc3)cc(C(F)(F)F)n1)CC2. The second kappa shape index (κ2) is 9.35. The summed E-state index contributed by atoms with van der Waals surface area (Å²) in [6.45, 7) is 2.12. The van der Waals surface area contributed by atoms with Crippen LogP contribution in [0.5, 0.6) is 0 Å². The zero-order valence-electron chi connectivity index (χ0n) is 21.8. The van der Waals surface area contributed by atoms with E-state index in [1.807, 2.05) is 12.1 Å². The van der Waals surface area contributed by atoms with Gasteiger partial charge in [-0.15, -0.1) is 0 Å². The largest absolute Gasteiger partial charge is 0.433 e. The van der Waals surface area contributed by atoms with Gasteiger partial charge in [0.15, 0.2) is 5.69 Å². The van der Waals surface area contributed by atoms with Gasteiger partial charge in [0.25, 0.3) is 5.91 Å². The number of likely N-dealkylation sites (tertiary alicyclic amines) is 1. The van der Waals surface area contributed by atoms with Crippen LogP contribution in [0.3, 0.4) is 0 Å². The van der Waals surface area contributed by atoms with Crippen LogP contribution in [0.15, 0.2) is 48.8 Å². The van der Waals surface area contributed by atoms with Gasteiger partial charge in [-0.2, -0.15) is 23.3 Å². The van der Waals surface area contributed by atoms with Crippen molar-refractivity contribution in [3.05, 3.63) is 71.4 Å². The van der Waals surface area contributed by atoms with Gasteiger partial charge < -0.3 is 19.7 Å². The molecular formula is C27H26F4N8O. The van der Waals surface area contributed by atoms with Crippen molar-refractivity contribution in [1.29, 1.82) is 0 Å². The number of fused-ring (bicyclic) bond motifs is 1. The van der Waals surface area contributed by atoms with Gasteiger partial charge in [-0.1, -0.05) is 12.1 Å². The number of carbonyl (C=O) groups excluding carboxylic acids is 1. The average molecular weight is 555 g/mol. The number of nitrogens with zero attached hydrogens (tertiary/aromatic N) is 6. The molecule has 9 nitrogen and oxygen atoms in total. The van der Waals surface area contributed by atoms with Gasteiger partial charge in [0.05, 0.1) is 25.8 Å². The first-order valence-electron chi connectivity index (χ1n) is 12.7. The number of carbonyl (C=O) groups is 1. The lowest BCUT2D eigenvalue weighted by Gasteiger charge is -2.42. The minimum absolute atomic E-state index is 0.00832. The first-order chi connectivity index (χ1) is 19.0. The van der Waals surface area contributed by atoms with Crippen molar-refractivity contribution in [2.24, 2.45) is 7.05 Å². The first kappa shape index (κ1) is 25.8. The average Bonchev–Trinajstić information content (AvgIpc) is 3.55. The number of halogens is 4. The van der Waals surface area contributed by atoms with Crippen LogP contribution in [0.4, 0.5) is 35.0 Å². The maximum absolute atomic E-state index is 14.0. The Balaban J connectivity index is 1.25. The zero-order valence-corrected chi connectivity index (χ0v) is 21.8. The van der Waals surface area contributed by atoms with Crippen molar-refractivity contribution in [3.63, 3.8) is 0 Å². The smallest absolute Gasteiger partial charge is 0.342 e. The Hall–Kier alpha value is -4.42. The molecule has 0 unspecified atom stereocenters. The van der Waals surface area contributed by atoms with Gasteiger partial charge in [-0.05, 0) is 42.7 Å². The van der Waals surface area contributed by atoms with E-state index in [2.05, 4.69) is 25.5 Å². The highest BCUT2D eigenvalue weighted by atomic mass is 19.4. The predicted molar refractivity (Wildman–Crippen MR) is 140 cm³/mol. The van der Waals surface area contributed by atoms with Crippen molar-refractivity contribution < 1.29 is 22.4 Å². The van der Waals surface area contributed by atoms with E-state index in [4.69, 9.17) is 0 Å². The number of anilines is 3. The van der Waals surface area contributed by atoms with Gasteiger partial charge in [-0.25, -0.2) is 9.37 Å². The number of hydrogen-bond donors (Lipinski definition) is 2. The van der Waals surface area contributed by atoms with E-state index in [1.54, 1.807) is 47.1 Å². The van der Waals surface area contributed by atoms with E-state index in [0.29, 0.717) is 24.3 Å². The lowest BCUT2D eigenvalue weighted by atomic mass is 9.98. The summed E-state index contributed by atoms with van der Waals surface area (Å²) in [6, 6.07) is 9.82. The molecule has 1 fully saturated rings. The monoisotopic (exact) mass is 554 g/mol. The van der Waals surface area contributed by atoms with Crippen molar-refractivity contribution in [3.8, 4) is 11.1 Å². The van der Waals surface area contributed by atoms with Crippen LogP contribution in [0.1, 0.15) is 34.4 Å². The molecular weight excluding hydrogens is 528 g/mol. The van der Waals surface area contributed by atoms with Crippen LogP contribution in [0.2, 0.25) is 0 Å². The number of hydrogen-bond acceptors (Lipinski definition) is 6. The molecule has 1 saturated heterocycles. The Bertz CT molecular complexity index is 1550. The molecule has 40 heavy (non-hydrogen) atoms. The summed E-state index contributed by atoms with van der Waals surface area (Å²) in [4.78, 5) is 24.3. The van der Waals surface area contributed by atoms with Gasteiger partial charge >= 0.3 is 6.18 Å². The van der Waals surface area contributed by atoms with Crippen LogP contribution >= 0.6 is 0 Å². The van der Waals surface area contributed by atoms with Crippen molar-refractivity contribution >= 4 is 23.4 Å². The van der Waals surface area contributed by atoms with Crippen LogP contribution in [0, 0.1) is 0 Å². The molecule has 0 saturated carbocycles. The van der Waals surface area contributed by atoms with E-state index in [1.165, 1.54) is 11.8 Å². The molecule has 13 heteroatoms. The Morgan fingerprint density at radius 2 is 1.85 bits per heavy atom. The molecule has 208 valence electrons. The van der Waals surface area contributed by atoms with Crippen molar-refractivity contribution in [1.82, 2.24) is 29.6 Å². The lowest BCUT2D eigenvalue weighted by molar-refractivity contribution is -0.141. The minimum atomic E-state index is -4.67. The van der Waals surface area contributed by atoms with Crippen LogP contribution in [-0.2, 0) is 26.2 Å². The quantitative estimate of drug-likeness (QED) is 0.347. The van der Waals surface area contributed by atoms with E-state index < -0.39 is 17.5 Å². The fourth-order valence-corrected chi connectivity index (χ4v) is 5.16. The first-order valence-corrected chi connectivity index (χ1v) is 12.7. The van der Waals surface area contributed by atoms with Crippen LogP contribution in [-0.4, -0.2) is 60.8 Å². The van der Waals surface area contributed by atoms with Gasteiger partial charge in [0, 0.05) is 42.8 Å². The molecule has 0 radical (unpaired) electrons. The molecule has 0 bridgehead atoms. The number of rotatable bonds is 5. The van der Waals surface area contributed by atoms with Crippen LogP contribution in [0.25, 0.3) is 11.1 Å². The summed E-state index contributed by atoms with van der Waals surface area (Å²) in [6.07, 6.45) is -0.758. The molecule has 4 aromatic rings. The standard InChI is InChI=1S/C27H26F4N8O/c1-26(28)14-39(15-26)24(40)20-9-17-7-8-38(13-21(17)37(20)2)25-35-22(27(29,30)31)10-23(36-25)34-19-5-3-16(4-6-19)18-11-32-33-12-18/h3-6,9-12H,7-8,13-15H2,1-2H3,(H,32,33)(H,34,35,36). The summed E-state index contributed by atoms with van der Waals surface area (Å²) in [7, 11) is 1.73. The van der Waals surface area contributed by atoms with Crippen molar-refractivity contribution in [2.45, 2.75) is 31.7 Å². The summed E-state index contributed by atoms with van der Waals surface area (Å²) in [5.74, 6) is -0.323. The summed E-state index contributed by atoms with van der Waals surface area (Å²) < 4.78 is 57.1. The molecule has 3 aromatic heterocycles. The molecule has 5 heterocycles. The topological polar surface area (TPSA) is 95.0 Å². The maximum Gasteiger partial charge on any atom is 0.433 e. The zero-order chi connectivity index (χ0) is 28.2. The van der Waals surface area contributed by atoms with Gasteiger partial charge in [0.1, 0.15) is 17.2 Å². The predicted octanol–water partition coefficient (Wildman–Crippen LogP) is 4.71. The van der Waals surface area contributed by atoms with Gasteiger partial charge in [0.2, 0.25) is 5.95 Å². The second-order valence-corrected chi connectivity index (χ2v) is 10.4. The Morgan fingerprint density at radius 1 is 1.10 bits per heavy atom. The summed E-state index contributed by atoms with van der Waals surface area (Å²) >= 11 is 0. The molecule has 0 spiro atoms. The van der Waals surface area contributed by atoms with E-state index in [0.717, 1.165) is 28.5 Å². The third-order valence-corrected chi connectivity index (χ3v) is 7.26. The third kappa shape index (κ3) is 4.87. The maximum atomic E-state index is 14.0. The molecule has 0 atom stereocenters. The molecule has 2 aliphatic rings. The second-order valence-electron chi connectivity index (χ2n) is 10.4. The number of nitrogens with one attached hydrogen (secondary N) is 2. The van der Waals surface area contributed by atoms with E-state index in [9.17, 15) is 22.4 Å². The fraction of sp³-hybridized carbons (Fsp3) is 0.333. The molecule has 2 aliphatic heterocycles. The Morgan fingerprint density at radius 3 is 2.50 bits per heavy atom. The van der Waals surface area contributed by atoms with Crippen molar-refractivity contribution in [2.75, 3.05) is 29.9 Å². The molecule has 0 aliphatic carbocycles. The molecule has 1 amide bonds. The number of amides is 1. The summed E-state index contributed by atoms with van der Waals surface area (Å²) in [5, 5.41) is 9.63. The number of benzene rings is 1. The number of aromatic nitrogens is 5. The van der Waals surface area contributed by atoms with Gasteiger partial charge in [-0.3, -0.25) is 9.89 Å². The lowest BCUT2D eigenvalue weighted by Crippen LogP contribution is -2.59. The Kier molecular flexibility index (Phi) is 6.04. The minimum Gasteiger partial charge on any atom is -0.342 e. The molecule has 1 aromatic carbocycles. The number of aromatic amines is 1. The normalized spacial score (nSPS) is 16.4. The van der Waals surface area contributed by atoms with E-state index in [-0.39, 0.29) is 37.3 Å². The Labute approximate surface area is 226 Å². The fourth-order valence-electron chi connectivity index (χ4n) is 5.16. The third-order valence-electron chi connectivity index (χ3n) is 7.26. The molecule has 2 N–H and O–H groups in total. The summed E-state index contributed by atoms with van der Waals surface area (Å²) in [5.41, 5.74) is 2.03.